The number of carbonyl (C=O) groups excluding carboxylic acids is 1. The number of hydrogen-bond acceptors (Lipinski definition) is 4. The third-order valence-electron chi connectivity index (χ3n) is 4.23. The predicted molar refractivity (Wildman–Crippen MR) is 92.4 cm³/mol. The average molecular weight is 345 g/mol. The first kappa shape index (κ1) is 16.5. The quantitative estimate of drug-likeness (QED) is 0.857. The van der Waals surface area contributed by atoms with Gasteiger partial charge in [-0.3, -0.25) is 9.10 Å². The Kier molecular flexibility index (Phi) is 4.09. The number of nitrogens with zero attached hydrogens (tertiary/aromatic N) is 1. The van der Waals surface area contributed by atoms with Crippen molar-refractivity contribution in [2.24, 2.45) is 0 Å². The first-order valence-electron chi connectivity index (χ1n) is 7.66. The Bertz CT molecular complexity index is 895. The minimum absolute atomic E-state index is 0.0276. The van der Waals surface area contributed by atoms with E-state index in [1.165, 1.54) is 4.31 Å². The van der Waals surface area contributed by atoms with E-state index in [1.807, 2.05) is 0 Å². The predicted octanol–water partition coefficient (Wildman–Crippen LogP) is 3.09. The fraction of sp³-hybridized carbons (Fsp3) is 0.278. The van der Waals surface area contributed by atoms with E-state index < -0.39 is 10.0 Å². The molecular formula is C18H19NO4S. The number of rotatable bonds is 3. The maximum atomic E-state index is 13.3. The van der Waals surface area contributed by atoms with E-state index in [0.717, 1.165) is 0 Å². The molecule has 24 heavy (non-hydrogen) atoms. The van der Waals surface area contributed by atoms with Crippen LogP contribution in [0.1, 0.15) is 27.9 Å². The molecule has 0 spiro atoms. The lowest BCUT2D eigenvalue weighted by atomic mass is 10.0. The zero-order chi connectivity index (χ0) is 17.5. The Balaban J connectivity index is 2.17. The summed E-state index contributed by atoms with van der Waals surface area (Å²) in [4.78, 5) is 12.3. The van der Waals surface area contributed by atoms with Gasteiger partial charge < -0.3 is 4.74 Å². The van der Waals surface area contributed by atoms with Gasteiger partial charge in [-0.25, -0.2) is 8.42 Å². The summed E-state index contributed by atoms with van der Waals surface area (Å²) >= 11 is 0. The topological polar surface area (TPSA) is 63.7 Å². The van der Waals surface area contributed by atoms with Crippen LogP contribution in [0.15, 0.2) is 41.3 Å². The molecular weight excluding hydrogens is 326 g/mol. The molecule has 1 aliphatic rings. The van der Waals surface area contributed by atoms with Gasteiger partial charge in [-0.15, -0.1) is 0 Å². The van der Waals surface area contributed by atoms with E-state index in [-0.39, 0.29) is 23.6 Å². The number of aryl methyl sites for hydroxylation is 2. The summed E-state index contributed by atoms with van der Waals surface area (Å²) < 4.78 is 33.1. The van der Waals surface area contributed by atoms with Crippen molar-refractivity contribution in [3.05, 3.63) is 53.1 Å². The zero-order valence-electron chi connectivity index (χ0n) is 13.9. The molecule has 0 radical (unpaired) electrons. The highest BCUT2D eigenvalue weighted by Crippen LogP contribution is 2.35. The van der Waals surface area contributed by atoms with E-state index in [2.05, 4.69) is 0 Å². The lowest BCUT2D eigenvalue weighted by molar-refractivity contribution is 0.0982. The van der Waals surface area contributed by atoms with Gasteiger partial charge in [-0.2, -0.15) is 0 Å². The number of sulfonamides is 1. The van der Waals surface area contributed by atoms with E-state index >= 15 is 0 Å². The molecule has 2 aromatic rings. The van der Waals surface area contributed by atoms with Crippen molar-refractivity contribution in [1.82, 2.24) is 0 Å². The summed E-state index contributed by atoms with van der Waals surface area (Å²) in [6, 6.07) is 10.3. The average Bonchev–Trinajstić information content (AvgIpc) is 2.54. The molecule has 0 saturated carbocycles. The van der Waals surface area contributed by atoms with Crippen LogP contribution in [-0.2, 0) is 10.0 Å². The highest BCUT2D eigenvalue weighted by Gasteiger charge is 2.34. The van der Waals surface area contributed by atoms with Crippen molar-refractivity contribution < 1.29 is 17.9 Å². The summed E-state index contributed by atoms with van der Waals surface area (Å²) in [7, 11) is -2.21. The molecule has 1 heterocycles. The summed E-state index contributed by atoms with van der Waals surface area (Å²) in [5.41, 5.74) is 2.15. The Morgan fingerprint density at radius 1 is 1.08 bits per heavy atom. The molecule has 5 nitrogen and oxygen atoms in total. The van der Waals surface area contributed by atoms with Crippen molar-refractivity contribution in [2.75, 3.05) is 18.0 Å². The van der Waals surface area contributed by atoms with Gasteiger partial charge in [0.2, 0.25) is 0 Å². The lowest BCUT2D eigenvalue weighted by Gasteiger charge is -2.30. The molecule has 0 aromatic heterocycles. The number of ketones is 1. The van der Waals surface area contributed by atoms with Gasteiger partial charge in [0.15, 0.2) is 5.78 Å². The van der Waals surface area contributed by atoms with Gasteiger partial charge in [-0.1, -0.05) is 12.1 Å². The lowest BCUT2D eigenvalue weighted by Crippen LogP contribution is -2.38. The third-order valence-corrected chi connectivity index (χ3v) is 6.35. The minimum Gasteiger partial charge on any atom is -0.497 e. The largest absolute Gasteiger partial charge is 0.497 e. The number of ether oxygens (including phenoxy) is 1. The smallest absolute Gasteiger partial charge is 0.264 e. The number of benzene rings is 2. The van der Waals surface area contributed by atoms with Crippen LogP contribution in [0.3, 0.4) is 0 Å². The number of carbonyl (C=O) groups is 1. The summed E-state index contributed by atoms with van der Waals surface area (Å²) in [5, 5.41) is 0. The number of methoxy groups -OCH3 is 1. The van der Waals surface area contributed by atoms with Gasteiger partial charge in [0.05, 0.1) is 17.7 Å². The Hall–Kier alpha value is -2.34. The fourth-order valence-corrected chi connectivity index (χ4v) is 5.08. The second kappa shape index (κ2) is 5.94. The number of anilines is 1. The zero-order valence-corrected chi connectivity index (χ0v) is 14.7. The molecule has 0 bridgehead atoms. The molecule has 0 saturated heterocycles. The first-order valence-corrected chi connectivity index (χ1v) is 9.10. The molecule has 0 atom stereocenters. The molecule has 126 valence electrons. The van der Waals surface area contributed by atoms with Gasteiger partial charge >= 0.3 is 0 Å². The number of para-hydroxylation sites is 1. The van der Waals surface area contributed by atoms with Crippen molar-refractivity contribution in [1.29, 1.82) is 0 Å². The molecule has 0 amide bonds. The molecule has 2 aromatic carbocycles. The van der Waals surface area contributed by atoms with Crippen LogP contribution in [0.25, 0.3) is 0 Å². The summed E-state index contributed by atoms with van der Waals surface area (Å²) in [6.45, 7) is 3.66. The highest BCUT2D eigenvalue weighted by atomic mass is 32.2. The molecule has 3 rings (SSSR count). The van der Waals surface area contributed by atoms with Crippen molar-refractivity contribution in [3.63, 3.8) is 0 Å². The van der Waals surface area contributed by atoms with Crippen LogP contribution >= 0.6 is 0 Å². The summed E-state index contributed by atoms with van der Waals surface area (Å²) in [5.74, 6) is 0.596. The molecule has 6 heteroatoms. The van der Waals surface area contributed by atoms with Crippen LogP contribution in [0.5, 0.6) is 5.75 Å². The van der Waals surface area contributed by atoms with Crippen LogP contribution < -0.4 is 9.04 Å². The monoisotopic (exact) mass is 345 g/mol. The van der Waals surface area contributed by atoms with Crippen molar-refractivity contribution in [2.45, 2.75) is 25.2 Å². The Labute approximate surface area is 141 Å². The van der Waals surface area contributed by atoms with Crippen LogP contribution in [0, 0.1) is 13.8 Å². The standard InChI is InChI=1S/C18H19NO4S/c1-12-10-14(23-3)11-13(2)18(12)24(21,22)19-9-8-17(20)15-6-4-5-7-16(15)19/h4-7,10-11H,8-9H2,1-3H3. The summed E-state index contributed by atoms with van der Waals surface area (Å²) in [6.07, 6.45) is 0.185. The van der Waals surface area contributed by atoms with E-state index in [0.29, 0.717) is 28.1 Å². The van der Waals surface area contributed by atoms with Crippen molar-refractivity contribution in [3.8, 4) is 5.75 Å². The molecule has 0 unspecified atom stereocenters. The number of Topliss-reactive ketones (excluding diaryl/α,β-unsaturated/α-hetero) is 1. The van der Waals surface area contributed by atoms with Crippen molar-refractivity contribution >= 4 is 21.5 Å². The van der Waals surface area contributed by atoms with Gasteiger partial charge in [0.25, 0.3) is 10.0 Å². The molecule has 0 fully saturated rings. The minimum atomic E-state index is -3.76. The van der Waals surface area contributed by atoms with E-state index in [1.54, 1.807) is 57.4 Å². The van der Waals surface area contributed by atoms with Gasteiger partial charge in [-0.05, 0) is 49.2 Å². The van der Waals surface area contributed by atoms with E-state index in [4.69, 9.17) is 4.74 Å². The SMILES string of the molecule is COc1cc(C)c(S(=O)(=O)N2CCC(=O)c3ccccc32)c(C)c1. The second-order valence-corrected chi connectivity index (χ2v) is 7.66. The number of hydrogen-bond donors (Lipinski definition) is 0. The molecule has 0 N–H and O–H groups in total. The number of fused-ring (bicyclic) bond motifs is 1. The van der Waals surface area contributed by atoms with Crippen LogP contribution in [-0.4, -0.2) is 27.9 Å². The van der Waals surface area contributed by atoms with Gasteiger partial charge in [0.1, 0.15) is 5.75 Å². The Morgan fingerprint density at radius 3 is 2.33 bits per heavy atom. The van der Waals surface area contributed by atoms with E-state index in [9.17, 15) is 13.2 Å². The fourth-order valence-electron chi connectivity index (χ4n) is 3.18. The van der Waals surface area contributed by atoms with Gasteiger partial charge in [0, 0.05) is 18.5 Å². The third kappa shape index (κ3) is 2.57. The normalized spacial score (nSPS) is 14.5. The molecule has 0 aliphatic carbocycles. The first-order chi connectivity index (χ1) is 11.4. The van der Waals surface area contributed by atoms with Crippen LogP contribution in [0.4, 0.5) is 5.69 Å². The maximum Gasteiger partial charge on any atom is 0.264 e. The maximum absolute atomic E-state index is 13.3. The highest BCUT2D eigenvalue weighted by molar-refractivity contribution is 7.93. The second-order valence-electron chi connectivity index (χ2n) is 5.86. The van der Waals surface area contributed by atoms with Crippen LogP contribution in [0.2, 0.25) is 0 Å². The molecule has 1 aliphatic heterocycles. The Morgan fingerprint density at radius 2 is 1.71 bits per heavy atom.